The first-order valence-corrected chi connectivity index (χ1v) is 8.72. The Balaban J connectivity index is 1.81. The van der Waals surface area contributed by atoms with Crippen LogP contribution in [0.3, 0.4) is 0 Å². The highest BCUT2D eigenvalue weighted by Gasteiger charge is 2.33. The predicted molar refractivity (Wildman–Crippen MR) is 92.6 cm³/mol. The topological polar surface area (TPSA) is 54.7 Å². The second-order valence-electron chi connectivity index (χ2n) is 7.03. The van der Waals surface area contributed by atoms with E-state index < -0.39 is 0 Å². The summed E-state index contributed by atoms with van der Waals surface area (Å²) in [4.78, 5) is 15.1. The fourth-order valence-electron chi connectivity index (χ4n) is 3.95. The maximum Gasteiger partial charge on any atom is 0.256 e. The Morgan fingerprint density at radius 1 is 1.33 bits per heavy atom. The van der Waals surface area contributed by atoms with Gasteiger partial charge in [-0.1, -0.05) is 0 Å². The SMILES string of the molecule is COc1ccc2c(c1)c(C(=O)N1CC[C@@H](CO)C1)c(C)n2C1CC1. The molecule has 2 heterocycles. The summed E-state index contributed by atoms with van der Waals surface area (Å²) in [7, 11) is 1.65. The Bertz CT molecular complexity index is 791. The van der Waals surface area contributed by atoms with Gasteiger partial charge in [0.2, 0.25) is 0 Å². The second-order valence-corrected chi connectivity index (χ2v) is 7.03. The van der Waals surface area contributed by atoms with Crippen LogP contribution in [0.25, 0.3) is 10.9 Å². The van der Waals surface area contributed by atoms with E-state index in [-0.39, 0.29) is 18.4 Å². The Hall–Kier alpha value is -2.01. The number of likely N-dealkylation sites (tertiary alicyclic amines) is 1. The minimum absolute atomic E-state index is 0.0844. The molecule has 1 atom stereocenters. The number of nitrogens with zero attached hydrogens (tertiary/aromatic N) is 2. The van der Waals surface area contributed by atoms with E-state index in [1.807, 2.05) is 17.0 Å². The standard InChI is InChI=1S/C19H24N2O3/c1-12-18(19(23)20-8-7-13(10-20)11-22)16-9-15(24-2)5-6-17(16)21(12)14-3-4-14/h5-6,9,13-14,22H,3-4,7-8,10-11H2,1-2H3/t13-/m1/s1. The summed E-state index contributed by atoms with van der Waals surface area (Å²) >= 11 is 0. The van der Waals surface area contributed by atoms with Crippen molar-refractivity contribution in [1.29, 1.82) is 0 Å². The molecule has 4 rings (SSSR count). The molecule has 0 unspecified atom stereocenters. The first-order chi connectivity index (χ1) is 11.6. The molecule has 2 aliphatic rings. The molecule has 128 valence electrons. The number of carbonyl (C=O) groups is 1. The highest BCUT2D eigenvalue weighted by Crippen LogP contribution is 2.42. The molecular weight excluding hydrogens is 304 g/mol. The van der Waals surface area contributed by atoms with E-state index in [2.05, 4.69) is 17.6 Å². The average molecular weight is 328 g/mol. The van der Waals surface area contributed by atoms with Gasteiger partial charge in [0, 0.05) is 48.3 Å². The van der Waals surface area contributed by atoms with Crippen LogP contribution in [0.5, 0.6) is 5.75 Å². The normalized spacial score (nSPS) is 20.8. The number of benzene rings is 1. The zero-order chi connectivity index (χ0) is 16.8. The van der Waals surface area contributed by atoms with Crippen LogP contribution in [0.1, 0.15) is 41.4 Å². The third-order valence-corrected chi connectivity index (χ3v) is 5.41. The lowest BCUT2D eigenvalue weighted by Crippen LogP contribution is -2.29. The molecule has 1 aromatic heterocycles. The molecule has 2 fully saturated rings. The number of methoxy groups -OCH3 is 1. The minimum Gasteiger partial charge on any atom is -0.497 e. The van der Waals surface area contributed by atoms with Gasteiger partial charge in [0.15, 0.2) is 0 Å². The molecule has 1 amide bonds. The first-order valence-electron chi connectivity index (χ1n) is 8.72. The zero-order valence-electron chi connectivity index (χ0n) is 14.3. The van der Waals surface area contributed by atoms with Crippen LogP contribution in [0, 0.1) is 12.8 Å². The molecule has 5 nitrogen and oxygen atoms in total. The van der Waals surface area contributed by atoms with Crippen LogP contribution in [0.15, 0.2) is 18.2 Å². The van der Waals surface area contributed by atoms with E-state index >= 15 is 0 Å². The number of hydrogen-bond acceptors (Lipinski definition) is 3. The summed E-state index contributed by atoms with van der Waals surface area (Å²) in [6, 6.07) is 6.53. The number of fused-ring (bicyclic) bond motifs is 1. The number of rotatable bonds is 4. The van der Waals surface area contributed by atoms with Crippen molar-refractivity contribution in [1.82, 2.24) is 9.47 Å². The van der Waals surface area contributed by atoms with Crippen molar-refractivity contribution in [3.8, 4) is 5.75 Å². The summed E-state index contributed by atoms with van der Waals surface area (Å²) in [6.07, 6.45) is 3.24. The summed E-state index contributed by atoms with van der Waals surface area (Å²) in [6.45, 7) is 3.58. The van der Waals surface area contributed by atoms with Crippen molar-refractivity contribution >= 4 is 16.8 Å². The fraction of sp³-hybridized carbons (Fsp3) is 0.526. The van der Waals surface area contributed by atoms with E-state index in [4.69, 9.17) is 4.74 Å². The maximum atomic E-state index is 13.2. The Morgan fingerprint density at radius 2 is 2.12 bits per heavy atom. The Morgan fingerprint density at radius 3 is 2.75 bits per heavy atom. The van der Waals surface area contributed by atoms with Gasteiger partial charge in [0.1, 0.15) is 5.75 Å². The lowest BCUT2D eigenvalue weighted by Gasteiger charge is -2.17. The molecule has 1 aliphatic carbocycles. The number of aromatic nitrogens is 1. The largest absolute Gasteiger partial charge is 0.497 e. The Labute approximate surface area is 141 Å². The van der Waals surface area contributed by atoms with E-state index in [9.17, 15) is 9.90 Å². The minimum atomic E-state index is 0.0844. The lowest BCUT2D eigenvalue weighted by atomic mass is 10.1. The second kappa shape index (κ2) is 5.81. The molecule has 1 saturated heterocycles. The van der Waals surface area contributed by atoms with Gasteiger partial charge in [-0.15, -0.1) is 0 Å². The third-order valence-electron chi connectivity index (χ3n) is 5.41. The molecule has 24 heavy (non-hydrogen) atoms. The zero-order valence-corrected chi connectivity index (χ0v) is 14.3. The van der Waals surface area contributed by atoms with Crippen molar-refractivity contribution in [2.75, 3.05) is 26.8 Å². The fourth-order valence-corrected chi connectivity index (χ4v) is 3.95. The highest BCUT2D eigenvalue weighted by molar-refractivity contribution is 6.09. The number of carbonyl (C=O) groups excluding carboxylic acids is 1. The molecular formula is C19H24N2O3. The van der Waals surface area contributed by atoms with E-state index in [0.717, 1.165) is 40.9 Å². The molecule has 2 aromatic rings. The molecule has 1 aliphatic heterocycles. The molecule has 1 aromatic carbocycles. The van der Waals surface area contributed by atoms with Crippen LogP contribution in [-0.2, 0) is 0 Å². The van der Waals surface area contributed by atoms with Gasteiger partial charge in [0.05, 0.1) is 12.7 Å². The van der Waals surface area contributed by atoms with Crippen LogP contribution in [0.2, 0.25) is 0 Å². The molecule has 1 N–H and O–H groups in total. The van der Waals surface area contributed by atoms with Crippen LogP contribution >= 0.6 is 0 Å². The van der Waals surface area contributed by atoms with E-state index in [1.54, 1.807) is 7.11 Å². The molecule has 0 bridgehead atoms. The first kappa shape index (κ1) is 15.5. The number of hydrogen-bond donors (Lipinski definition) is 1. The molecule has 0 spiro atoms. The monoisotopic (exact) mass is 328 g/mol. The van der Waals surface area contributed by atoms with Crippen LogP contribution in [-0.4, -0.2) is 47.3 Å². The van der Waals surface area contributed by atoms with Crippen molar-refractivity contribution in [3.63, 3.8) is 0 Å². The van der Waals surface area contributed by atoms with Crippen molar-refractivity contribution in [2.24, 2.45) is 5.92 Å². The van der Waals surface area contributed by atoms with Gasteiger partial charge < -0.3 is 19.3 Å². The lowest BCUT2D eigenvalue weighted by molar-refractivity contribution is 0.0783. The van der Waals surface area contributed by atoms with Crippen molar-refractivity contribution < 1.29 is 14.6 Å². The quantitative estimate of drug-likeness (QED) is 0.939. The van der Waals surface area contributed by atoms with Gasteiger partial charge in [-0.25, -0.2) is 0 Å². The van der Waals surface area contributed by atoms with Crippen molar-refractivity contribution in [3.05, 3.63) is 29.5 Å². The molecule has 1 saturated carbocycles. The Kier molecular flexibility index (Phi) is 3.76. The summed E-state index contributed by atoms with van der Waals surface area (Å²) < 4.78 is 7.70. The number of amides is 1. The van der Waals surface area contributed by atoms with Gasteiger partial charge >= 0.3 is 0 Å². The summed E-state index contributed by atoms with van der Waals surface area (Å²) in [5.74, 6) is 1.07. The highest BCUT2D eigenvalue weighted by atomic mass is 16.5. The van der Waals surface area contributed by atoms with Gasteiger partial charge in [0.25, 0.3) is 5.91 Å². The number of aliphatic hydroxyl groups excluding tert-OH is 1. The van der Waals surface area contributed by atoms with Crippen molar-refractivity contribution in [2.45, 2.75) is 32.2 Å². The van der Waals surface area contributed by atoms with Gasteiger partial charge in [-0.3, -0.25) is 4.79 Å². The maximum absolute atomic E-state index is 13.2. The number of ether oxygens (including phenoxy) is 1. The number of aliphatic hydroxyl groups is 1. The molecule has 5 heteroatoms. The summed E-state index contributed by atoms with van der Waals surface area (Å²) in [5.41, 5.74) is 2.98. The molecule has 0 radical (unpaired) electrons. The average Bonchev–Trinajstić information content (AvgIpc) is 3.23. The van der Waals surface area contributed by atoms with Gasteiger partial charge in [-0.2, -0.15) is 0 Å². The summed E-state index contributed by atoms with van der Waals surface area (Å²) in [5, 5.41) is 10.3. The van der Waals surface area contributed by atoms with E-state index in [1.165, 1.54) is 12.8 Å². The predicted octanol–water partition coefficient (Wildman–Crippen LogP) is 2.75. The smallest absolute Gasteiger partial charge is 0.256 e. The third kappa shape index (κ3) is 2.38. The van der Waals surface area contributed by atoms with E-state index in [0.29, 0.717) is 12.6 Å². The van der Waals surface area contributed by atoms with Crippen LogP contribution < -0.4 is 4.74 Å². The van der Waals surface area contributed by atoms with Crippen LogP contribution in [0.4, 0.5) is 0 Å². The van der Waals surface area contributed by atoms with Gasteiger partial charge in [-0.05, 0) is 44.4 Å².